The topological polar surface area (TPSA) is 78.9 Å². The summed E-state index contributed by atoms with van der Waals surface area (Å²) in [5, 5.41) is 0.293. The predicted octanol–water partition coefficient (Wildman–Crippen LogP) is 3.78. The van der Waals surface area contributed by atoms with Crippen molar-refractivity contribution in [2.24, 2.45) is 0 Å². The molecule has 7 heteroatoms. The lowest BCUT2D eigenvalue weighted by molar-refractivity contribution is -0.222. The number of hydrogen-bond donors (Lipinski definition) is 0. The van der Waals surface area contributed by atoms with Crippen molar-refractivity contribution in [2.45, 2.75) is 19.6 Å². The van der Waals surface area contributed by atoms with E-state index in [0.717, 1.165) is 0 Å². The van der Waals surface area contributed by atoms with E-state index in [0.29, 0.717) is 10.6 Å². The molecule has 0 atom stereocenters. The fourth-order valence-electron chi connectivity index (χ4n) is 2.37. The highest BCUT2D eigenvalue weighted by Gasteiger charge is 2.38. The normalized spacial score (nSPS) is 15.6. The second kappa shape index (κ2) is 7.25. The van der Waals surface area contributed by atoms with Gasteiger partial charge in [0.15, 0.2) is 0 Å². The molecule has 0 amide bonds. The SMILES string of the molecule is CC1(C)OC(=O)C(=Cc2ccc(OC(=O)c3ccccc3Cl)cc2)C(=O)O1. The monoisotopic (exact) mass is 386 g/mol. The standard InChI is InChI=1S/C20H15ClO6/c1-20(2)26-18(23)15(19(24)27-20)11-12-7-9-13(10-8-12)25-17(22)14-5-3-4-6-16(14)21/h3-11H,1-2H3. The zero-order valence-electron chi connectivity index (χ0n) is 14.5. The van der Waals surface area contributed by atoms with E-state index in [4.69, 9.17) is 25.8 Å². The molecular weight excluding hydrogens is 372 g/mol. The van der Waals surface area contributed by atoms with Crippen LogP contribution in [0.4, 0.5) is 0 Å². The molecule has 27 heavy (non-hydrogen) atoms. The first-order valence-corrected chi connectivity index (χ1v) is 8.38. The molecule has 0 aromatic heterocycles. The molecule has 0 radical (unpaired) electrons. The molecule has 6 nitrogen and oxygen atoms in total. The number of carbonyl (C=O) groups excluding carboxylic acids is 3. The van der Waals surface area contributed by atoms with E-state index in [9.17, 15) is 14.4 Å². The lowest BCUT2D eigenvalue weighted by Crippen LogP contribution is -2.41. The fraction of sp³-hybridized carbons (Fsp3) is 0.150. The summed E-state index contributed by atoms with van der Waals surface area (Å²) in [5.74, 6) is -3.11. The molecule has 1 heterocycles. The van der Waals surface area contributed by atoms with E-state index in [1.807, 2.05) is 0 Å². The molecule has 1 aliphatic heterocycles. The number of benzene rings is 2. The third kappa shape index (κ3) is 4.35. The first-order valence-electron chi connectivity index (χ1n) is 8.00. The summed E-state index contributed by atoms with van der Waals surface area (Å²) in [6, 6.07) is 12.8. The quantitative estimate of drug-likeness (QED) is 0.346. The van der Waals surface area contributed by atoms with Gasteiger partial charge in [0.05, 0.1) is 10.6 Å². The van der Waals surface area contributed by atoms with Gasteiger partial charge < -0.3 is 14.2 Å². The molecule has 0 saturated carbocycles. The highest BCUT2D eigenvalue weighted by Crippen LogP contribution is 2.25. The Balaban J connectivity index is 1.74. The van der Waals surface area contributed by atoms with Crippen molar-refractivity contribution in [1.29, 1.82) is 0 Å². The van der Waals surface area contributed by atoms with Gasteiger partial charge in [0.2, 0.25) is 0 Å². The minimum Gasteiger partial charge on any atom is -0.423 e. The summed E-state index contributed by atoms with van der Waals surface area (Å²) in [6.45, 7) is 2.95. The van der Waals surface area contributed by atoms with Gasteiger partial charge in [0.1, 0.15) is 11.3 Å². The Bertz CT molecular complexity index is 921. The van der Waals surface area contributed by atoms with Crippen LogP contribution in [0.5, 0.6) is 5.75 Å². The van der Waals surface area contributed by atoms with Gasteiger partial charge in [0.25, 0.3) is 5.79 Å². The maximum absolute atomic E-state index is 12.1. The number of ether oxygens (including phenoxy) is 3. The van der Waals surface area contributed by atoms with Gasteiger partial charge in [-0.15, -0.1) is 0 Å². The van der Waals surface area contributed by atoms with Crippen molar-refractivity contribution < 1.29 is 28.6 Å². The third-order valence-corrected chi connectivity index (χ3v) is 3.94. The molecule has 1 fully saturated rings. The molecule has 138 valence electrons. The lowest BCUT2D eigenvalue weighted by atomic mass is 10.1. The summed E-state index contributed by atoms with van der Waals surface area (Å²) in [4.78, 5) is 36.0. The Morgan fingerprint density at radius 1 is 1.00 bits per heavy atom. The van der Waals surface area contributed by atoms with Crippen LogP contribution < -0.4 is 4.74 Å². The van der Waals surface area contributed by atoms with Crippen molar-refractivity contribution >= 4 is 35.6 Å². The summed E-state index contributed by atoms with van der Waals surface area (Å²) >= 11 is 5.97. The van der Waals surface area contributed by atoms with Gasteiger partial charge >= 0.3 is 17.9 Å². The van der Waals surface area contributed by atoms with Crippen LogP contribution in [0.25, 0.3) is 6.08 Å². The maximum Gasteiger partial charge on any atom is 0.348 e. The first kappa shape index (κ1) is 18.7. The molecule has 0 aliphatic carbocycles. The second-order valence-corrected chi connectivity index (χ2v) is 6.58. The average Bonchev–Trinajstić information content (AvgIpc) is 2.59. The summed E-state index contributed by atoms with van der Waals surface area (Å²) in [6.07, 6.45) is 1.35. The van der Waals surface area contributed by atoms with Gasteiger partial charge in [-0.2, -0.15) is 0 Å². The molecule has 0 bridgehead atoms. The molecular formula is C20H15ClO6. The Morgan fingerprint density at radius 2 is 1.59 bits per heavy atom. The minimum absolute atomic E-state index is 0.213. The van der Waals surface area contributed by atoms with Crippen LogP contribution in [-0.2, 0) is 19.1 Å². The maximum atomic E-state index is 12.1. The minimum atomic E-state index is -1.29. The molecule has 0 spiro atoms. The zero-order chi connectivity index (χ0) is 19.6. The second-order valence-electron chi connectivity index (χ2n) is 6.18. The Labute approximate surface area is 160 Å². The van der Waals surface area contributed by atoms with Crippen molar-refractivity contribution in [3.05, 3.63) is 70.3 Å². The fourth-order valence-corrected chi connectivity index (χ4v) is 2.58. The molecule has 2 aromatic rings. The van der Waals surface area contributed by atoms with Gasteiger partial charge in [0, 0.05) is 13.8 Å². The highest BCUT2D eigenvalue weighted by atomic mass is 35.5. The van der Waals surface area contributed by atoms with Crippen molar-refractivity contribution in [1.82, 2.24) is 0 Å². The molecule has 3 rings (SSSR count). The average molecular weight is 387 g/mol. The van der Waals surface area contributed by atoms with E-state index < -0.39 is 23.7 Å². The number of halogens is 1. The summed E-state index contributed by atoms with van der Waals surface area (Å²) < 4.78 is 15.3. The van der Waals surface area contributed by atoms with Crippen LogP contribution in [0.3, 0.4) is 0 Å². The Morgan fingerprint density at radius 3 is 2.19 bits per heavy atom. The third-order valence-electron chi connectivity index (χ3n) is 3.61. The van der Waals surface area contributed by atoms with Crippen LogP contribution in [0.15, 0.2) is 54.1 Å². The lowest BCUT2D eigenvalue weighted by Gasteiger charge is -2.29. The number of esters is 3. The van der Waals surface area contributed by atoms with Gasteiger partial charge in [-0.05, 0) is 35.9 Å². The Hall–Kier alpha value is -3.12. The zero-order valence-corrected chi connectivity index (χ0v) is 15.3. The molecule has 1 saturated heterocycles. The first-order chi connectivity index (χ1) is 12.7. The molecule has 1 aliphatic rings. The van der Waals surface area contributed by atoms with Gasteiger partial charge in [-0.1, -0.05) is 35.9 Å². The molecule has 0 unspecified atom stereocenters. The predicted molar refractivity (Wildman–Crippen MR) is 97.1 cm³/mol. The number of carbonyl (C=O) groups is 3. The molecule has 2 aromatic carbocycles. The Kier molecular flexibility index (Phi) is 5.01. The largest absolute Gasteiger partial charge is 0.423 e. The van der Waals surface area contributed by atoms with E-state index in [2.05, 4.69) is 0 Å². The van der Waals surface area contributed by atoms with E-state index in [1.54, 1.807) is 36.4 Å². The van der Waals surface area contributed by atoms with Crippen LogP contribution in [0, 0.1) is 0 Å². The van der Waals surface area contributed by atoms with Crippen molar-refractivity contribution in [3.8, 4) is 5.75 Å². The van der Waals surface area contributed by atoms with Crippen molar-refractivity contribution in [2.75, 3.05) is 0 Å². The van der Waals surface area contributed by atoms with E-state index >= 15 is 0 Å². The highest BCUT2D eigenvalue weighted by molar-refractivity contribution is 6.33. The molecule has 0 N–H and O–H groups in total. The summed E-state index contributed by atoms with van der Waals surface area (Å²) in [5.41, 5.74) is 0.576. The van der Waals surface area contributed by atoms with Crippen LogP contribution >= 0.6 is 11.6 Å². The van der Waals surface area contributed by atoms with Gasteiger partial charge in [-0.25, -0.2) is 14.4 Å². The van der Waals surface area contributed by atoms with E-state index in [-0.39, 0.29) is 16.9 Å². The van der Waals surface area contributed by atoms with E-state index in [1.165, 1.54) is 32.1 Å². The number of cyclic esters (lactones) is 2. The number of hydrogen-bond acceptors (Lipinski definition) is 6. The van der Waals surface area contributed by atoms with Gasteiger partial charge in [-0.3, -0.25) is 0 Å². The number of rotatable bonds is 3. The summed E-state index contributed by atoms with van der Waals surface area (Å²) in [7, 11) is 0. The van der Waals surface area contributed by atoms with Crippen LogP contribution in [0.1, 0.15) is 29.8 Å². The van der Waals surface area contributed by atoms with Crippen LogP contribution in [-0.4, -0.2) is 23.7 Å². The smallest absolute Gasteiger partial charge is 0.348 e. The van der Waals surface area contributed by atoms with Crippen LogP contribution in [0.2, 0.25) is 5.02 Å². The van der Waals surface area contributed by atoms with Crippen molar-refractivity contribution in [3.63, 3.8) is 0 Å².